The van der Waals surface area contributed by atoms with Crippen molar-refractivity contribution < 1.29 is 0 Å². The van der Waals surface area contributed by atoms with Gasteiger partial charge >= 0.3 is 0 Å². The predicted octanol–water partition coefficient (Wildman–Crippen LogP) is 1.21. The van der Waals surface area contributed by atoms with Crippen LogP contribution in [0.2, 0.25) is 0 Å². The summed E-state index contributed by atoms with van der Waals surface area (Å²) in [6.07, 6.45) is 2.18. The van der Waals surface area contributed by atoms with Crippen molar-refractivity contribution >= 4 is 5.69 Å². The molecule has 0 saturated carbocycles. The van der Waals surface area contributed by atoms with E-state index in [0.29, 0.717) is 0 Å². The molecule has 11 heavy (non-hydrogen) atoms. The van der Waals surface area contributed by atoms with Crippen molar-refractivity contribution in [1.82, 2.24) is 0 Å². The van der Waals surface area contributed by atoms with Crippen LogP contribution in [0.4, 0.5) is 5.69 Å². The van der Waals surface area contributed by atoms with Gasteiger partial charge in [0.2, 0.25) is 0 Å². The van der Waals surface area contributed by atoms with Crippen LogP contribution < -0.4 is 11.5 Å². The van der Waals surface area contributed by atoms with E-state index in [9.17, 15) is 0 Å². The summed E-state index contributed by atoms with van der Waals surface area (Å²) in [5.74, 6) is 0. The first kappa shape index (κ1) is 6.68. The molecule has 0 bridgehead atoms. The van der Waals surface area contributed by atoms with Gasteiger partial charge in [-0.25, -0.2) is 0 Å². The second-order valence-electron chi connectivity index (χ2n) is 3.10. The van der Waals surface area contributed by atoms with E-state index in [1.165, 1.54) is 11.1 Å². The maximum Gasteiger partial charge on any atom is 0.0317 e. The third-order valence-corrected chi connectivity index (χ3v) is 2.29. The smallest absolute Gasteiger partial charge is 0.0317 e. The van der Waals surface area contributed by atoms with Gasteiger partial charge in [0.25, 0.3) is 0 Å². The Balaban J connectivity index is 2.52. The lowest BCUT2D eigenvalue weighted by atomic mass is 10.1. The highest BCUT2D eigenvalue weighted by atomic mass is 14.7. The van der Waals surface area contributed by atoms with Crippen molar-refractivity contribution in [2.75, 3.05) is 5.73 Å². The van der Waals surface area contributed by atoms with Crippen LogP contribution in [0.1, 0.15) is 23.6 Å². The number of nitrogens with two attached hydrogens (primary N) is 2. The Morgan fingerprint density at radius 2 is 2.18 bits per heavy atom. The summed E-state index contributed by atoms with van der Waals surface area (Å²) < 4.78 is 0. The number of fused-ring (bicyclic) bond motifs is 1. The molecule has 0 unspecified atom stereocenters. The molecule has 0 heterocycles. The Morgan fingerprint density at radius 3 is 3.00 bits per heavy atom. The van der Waals surface area contributed by atoms with Gasteiger partial charge in [-0.1, -0.05) is 6.07 Å². The summed E-state index contributed by atoms with van der Waals surface area (Å²) in [4.78, 5) is 0. The Bertz CT molecular complexity index is 281. The average molecular weight is 148 g/mol. The number of aryl methyl sites for hydroxylation is 1. The molecule has 0 fully saturated rings. The van der Waals surface area contributed by atoms with Crippen molar-refractivity contribution in [3.8, 4) is 0 Å². The molecule has 2 rings (SSSR count). The zero-order chi connectivity index (χ0) is 7.84. The average Bonchev–Trinajstić information content (AvgIpc) is 2.33. The standard InChI is InChI=1S/C9H12N2/c10-7-3-1-6-2-4-9(11)8(6)5-7/h1,3,5,9H,2,4,10-11H2/t9-/m0/s1. The maximum absolute atomic E-state index is 5.86. The summed E-state index contributed by atoms with van der Waals surface area (Å²) in [5.41, 5.74) is 14.9. The fourth-order valence-electron chi connectivity index (χ4n) is 1.65. The molecule has 4 N–H and O–H groups in total. The summed E-state index contributed by atoms with van der Waals surface area (Å²) in [7, 11) is 0. The first-order chi connectivity index (χ1) is 5.27. The molecule has 1 aromatic carbocycles. The minimum atomic E-state index is 0.216. The quantitative estimate of drug-likeness (QED) is 0.543. The van der Waals surface area contributed by atoms with Crippen LogP contribution in [-0.4, -0.2) is 0 Å². The molecule has 0 saturated heterocycles. The van der Waals surface area contributed by atoms with Crippen LogP contribution in [0.3, 0.4) is 0 Å². The number of rotatable bonds is 0. The lowest BCUT2D eigenvalue weighted by Crippen LogP contribution is -2.05. The lowest BCUT2D eigenvalue weighted by molar-refractivity contribution is 0.713. The lowest BCUT2D eigenvalue weighted by Gasteiger charge is -2.04. The normalized spacial score (nSPS) is 21.7. The molecule has 1 aliphatic rings. The van der Waals surface area contributed by atoms with Gasteiger partial charge in [0, 0.05) is 11.7 Å². The molecular formula is C9H12N2. The number of benzene rings is 1. The Hall–Kier alpha value is -1.02. The fraction of sp³-hybridized carbons (Fsp3) is 0.333. The number of hydrogen-bond acceptors (Lipinski definition) is 2. The van der Waals surface area contributed by atoms with Crippen LogP contribution >= 0.6 is 0 Å². The molecule has 0 aliphatic heterocycles. The van der Waals surface area contributed by atoms with Crippen molar-refractivity contribution in [1.29, 1.82) is 0 Å². The molecule has 0 aromatic heterocycles. The summed E-state index contributed by atoms with van der Waals surface area (Å²) in [6, 6.07) is 6.23. The second kappa shape index (κ2) is 2.24. The highest BCUT2D eigenvalue weighted by Crippen LogP contribution is 2.30. The van der Waals surface area contributed by atoms with E-state index in [1.54, 1.807) is 0 Å². The fourth-order valence-corrected chi connectivity index (χ4v) is 1.65. The minimum Gasteiger partial charge on any atom is -0.399 e. The van der Waals surface area contributed by atoms with E-state index in [0.717, 1.165) is 18.5 Å². The molecule has 1 aliphatic carbocycles. The van der Waals surface area contributed by atoms with E-state index in [1.807, 2.05) is 12.1 Å². The van der Waals surface area contributed by atoms with Crippen LogP contribution in [-0.2, 0) is 6.42 Å². The largest absolute Gasteiger partial charge is 0.399 e. The van der Waals surface area contributed by atoms with Crippen LogP contribution in [0, 0.1) is 0 Å². The Kier molecular flexibility index (Phi) is 1.36. The van der Waals surface area contributed by atoms with E-state index >= 15 is 0 Å². The van der Waals surface area contributed by atoms with Crippen LogP contribution in [0.5, 0.6) is 0 Å². The molecule has 1 atom stereocenters. The van der Waals surface area contributed by atoms with Gasteiger partial charge in [-0.2, -0.15) is 0 Å². The molecule has 0 radical (unpaired) electrons. The highest BCUT2D eigenvalue weighted by molar-refractivity contribution is 5.47. The third kappa shape index (κ3) is 0.994. The minimum absolute atomic E-state index is 0.216. The zero-order valence-corrected chi connectivity index (χ0v) is 6.38. The van der Waals surface area contributed by atoms with Gasteiger partial charge in [-0.15, -0.1) is 0 Å². The van der Waals surface area contributed by atoms with Crippen molar-refractivity contribution in [2.45, 2.75) is 18.9 Å². The number of nitrogen functional groups attached to an aromatic ring is 1. The monoisotopic (exact) mass is 148 g/mol. The Morgan fingerprint density at radius 1 is 1.36 bits per heavy atom. The van der Waals surface area contributed by atoms with Crippen molar-refractivity contribution in [2.24, 2.45) is 5.73 Å². The summed E-state index contributed by atoms with van der Waals surface area (Å²) in [5, 5.41) is 0. The number of anilines is 1. The van der Waals surface area contributed by atoms with Gasteiger partial charge in [0.05, 0.1) is 0 Å². The first-order valence-electron chi connectivity index (χ1n) is 3.91. The molecule has 1 aromatic rings. The molecule has 0 spiro atoms. The molecule has 2 heteroatoms. The second-order valence-corrected chi connectivity index (χ2v) is 3.10. The van der Waals surface area contributed by atoms with Gasteiger partial charge < -0.3 is 11.5 Å². The Labute approximate surface area is 66.2 Å². The zero-order valence-electron chi connectivity index (χ0n) is 6.38. The predicted molar refractivity (Wildman–Crippen MR) is 46.1 cm³/mol. The van der Waals surface area contributed by atoms with E-state index < -0.39 is 0 Å². The highest BCUT2D eigenvalue weighted by Gasteiger charge is 2.18. The van der Waals surface area contributed by atoms with Crippen molar-refractivity contribution in [3.05, 3.63) is 29.3 Å². The van der Waals surface area contributed by atoms with Crippen molar-refractivity contribution in [3.63, 3.8) is 0 Å². The summed E-state index contributed by atoms with van der Waals surface area (Å²) in [6.45, 7) is 0. The van der Waals surface area contributed by atoms with Gasteiger partial charge in [0.1, 0.15) is 0 Å². The van der Waals surface area contributed by atoms with Crippen LogP contribution in [0.15, 0.2) is 18.2 Å². The van der Waals surface area contributed by atoms with E-state index in [-0.39, 0.29) is 6.04 Å². The topological polar surface area (TPSA) is 52.0 Å². The molecule has 2 nitrogen and oxygen atoms in total. The van der Waals surface area contributed by atoms with Gasteiger partial charge in [-0.05, 0) is 36.1 Å². The van der Waals surface area contributed by atoms with Crippen LogP contribution in [0.25, 0.3) is 0 Å². The van der Waals surface area contributed by atoms with Gasteiger partial charge in [0.15, 0.2) is 0 Å². The third-order valence-electron chi connectivity index (χ3n) is 2.29. The summed E-state index contributed by atoms with van der Waals surface area (Å²) >= 11 is 0. The van der Waals surface area contributed by atoms with E-state index in [2.05, 4.69) is 6.07 Å². The molecule has 58 valence electrons. The number of hydrogen-bond donors (Lipinski definition) is 2. The van der Waals surface area contributed by atoms with E-state index in [4.69, 9.17) is 11.5 Å². The molecule has 0 amide bonds. The molecular weight excluding hydrogens is 136 g/mol. The van der Waals surface area contributed by atoms with Gasteiger partial charge in [-0.3, -0.25) is 0 Å². The maximum atomic E-state index is 5.86. The first-order valence-corrected chi connectivity index (χ1v) is 3.91. The SMILES string of the molecule is Nc1ccc2c(c1)[C@@H](N)CC2.